The summed E-state index contributed by atoms with van der Waals surface area (Å²) in [7, 11) is 0. The van der Waals surface area contributed by atoms with Gasteiger partial charge in [-0.2, -0.15) is 0 Å². The topological polar surface area (TPSA) is 41.5 Å². The van der Waals surface area contributed by atoms with Gasteiger partial charge in [0.2, 0.25) is 5.91 Å². The number of nitrogens with zero attached hydrogens (tertiary/aromatic N) is 1. The second kappa shape index (κ2) is 7.23. The first-order chi connectivity index (χ1) is 11.3. The van der Waals surface area contributed by atoms with E-state index in [4.69, 9.17) is 4.99 Å². The van der Waals surface area contributed by atoms with Gasteiger partial charge in [-0.15, -0.1) is 0 Å². The van der Waals surface area contributed by atoms with Gasteiger partial charge in [-0.25, -0.2) is 0 Å². The normalized spacial score (nSPS) is 21.8. The first-order valence-corrected chi connectivity index (χ1v) is 8.21. The summed E-state index contributed by atoms with van der Waals surface area (Å²) in [5.74, 6) is 0.0473. The number of benzene rings is 2. The van der Waals surface area contributed by atoms with Crippen LogP contribution in [0.25, 0.3) is 0 Å². The number of nitrogens with one attached hydrogen (secondary N) is 1. The molecule has 1 atom stereocenters. The Labute approximate surface area is 137 Å². The van der Waals surface area contributed by atoms with Gasteiger partial charge in [0.15, 0.2) is 0 Å². The molecule has 1 aliphatic heterocycles. The van der Waals surface area contributed by atoms with Crippen LogP contribution in [0.15, 0.2) is 65.7 Å². The van der Waals surface area contributed by atoms with Crippen LogP contribution in [0.3, 0.4) is 0 Å². The van der Waals surface area contributed by atoms with Crippen molar-refractivity contribution in [3.63, 3.8) is 0 Å². The van der Waals surface area contributed by atoms with Gasteiger partial charge in [-0.3, -0.25) is 9.79 Å². The number of rotatable bonds is 4. The van der Waals surface area contributed by atoms with Gasteiger partial charge in [0, 0.05) is 19.2 Å². The van der Waals surface area contributed by atoms with E-state index in [1.807, 2.05) is 54.7 Å². The Morgan fingerprint density at radius 1 is 1.00 bits per heavy atom. The Morgan fingerprint density at radius 3 is 2.43 bits per heavy atom. The van der Waals surface area contributed by atoms with Crippen molar-refractivity contribution in [1.29, 1.82) is 0 Å². The van der Waals surface area contributed by atoms with Crippen LogP contribution in [-0.4, -0.2) is 24.2 Å². The number of carbonyl (C=O) groups is 1. The molecule has 0 saturated carbocycles. The van der Waals surface area contributed by atoms with Crippen LogP contribution >= 0.6 is 0 Å². The fraction of sp³-hybridized carbons (Fsp3) is 0.300. The molecule has 1 saturated heterocycles. The maximum Gasteiger partial charge on any atom is 0.248 e. The van der Waals surface area contributed by atoms with Crippen LogP contribution in [-0.2, 0) is 11.2 Å². The lowest BCUT2D eigenvalue weighted by molar-refractivity contribution is -0.125. The van der Waals surface area contributed by atoms with Crippen LogP contribution < -0.4 is 5.32 Å². The molecule has 1 amide bonds. The average Bonchev–Trinajstić information content (AvgIpc) is 2.77. The molecule has 23 heavy (non-hydrogen) atoms. The molecule has 3 nitrogen and oxygen atoms in total. The molecule has 0 aliphatic carbocycles. The molecule has 1 fully saturated rings. The minimum Gasteiger partial charge on any atom is -0.354 e. The molecule has 3 rings (SSSR count). The number of aliphatic imine (C=N–C) groups is 1. The SMILES string of the molecule is O=C1NCCCCC1(Cc1ccccc1)N=Cc1ccccc1. The van der Waals surface area contributed by atoms with Crippen LogP contribution in [0.5, 0.6) is 0 Å². The van der Waals surface area contributed by atoms with Crippen LogP contribution in [0.2, 0.25) is 0 Å². The van der Waals surface area contributed by atoms with Crippen molar-refractivity contribution >= 4 is 12.1 Å². The van der Waals surface area contributed by atoms with Gasteiger partial charge in [0.05, 0.1) is 0 Å². The molecule has 0 aromatic heterocycles. The molecule has 1 aliphatic rings. The molecule has 0 radical (unpaired) electrons. The van der Waals surface area contributed by atoms with Gasteiger partial charge in [0.25, 0.3) is 0 Å². The minimum atomic E-state index is -0.701. The van der Waals surface area contributed by atoms with Crippen molar-refractivity contribution in [2.45, 2.75) is 31.2 Å². The second-order valence-electron chi connectivity index (χ2n) is 6.08. The van der Waals surface area contributed by atoms with E-state index in [1.165, 1.54) is 0 Å². The molecule has 0 spiro atoms. The Morgan fingerprint density at radius 2 is 1.70 bits per heavy atom. The van der Waals surface area contributed by atoms with Crippen LogP contribution in [0, 0.1) is 0 Å². The lowest BCUT2D eigenvalue weighted by Gasteiger charge is -2.27. The van der Waals surface area contributed by atoms with Gasteiger partial charge in [-0.1, -0.05) is 60.7 Å². The first kappa shape index (κ1) is 15.5. The molecule has 118 valence electrons. The zero-order valence-corrected chi connectivity index (χ0v) is 13.2. The Kier molecular flexibility index (Phi) is 4.86. The maximum atomic E-state index is 12.7. The van der Waals surface area contributed by atoms with Crippen molar-refractivity contribution in [3.05, 3.63) is 71.8 Å². The molecular formula is C20H22N2O. The lowest BCUT2D eigenvalue weighted by Crippen LogP contribution is -2.45. The van der Waals surface area contributed by atoms with Crippen molar-refractivity contribution in [1.82, 2.24) is 5.32 Å². The first-order valence-electron chi connectivity index (χ1n) is 8.21. The largest absolute Gasteiger partial charge is 0.354 e. The van der Waals surface area contributed by atoms with E-state index < -0.39 is 5.54 Å². The molecule has 1 unspecified atom stereocenters. The third kappa shape index (κ3) is 3.86. The van der Waals surface area contributed by atoms with Crippen LogP contribution in [0.1, 0.15) is 30.4 Å². The number of hydrogen-bond donors (Lipinski definition) is 1. The fourth-order valence-corrected chi connectivity index (χ4v) is 3.03. The predicted octanol–water partition coefficient (Wildman–Crippen LogP) is 3.39. The number of hydrogen-bond acceptors (Lipinski definition) is 2. The molecule has 2 aromatic rings. The zero-order chi connectivity index (χ0) is 16.0. The molecule has 2 aromatic carbocycles. The van der Waals surface area contributed by atoms with Gasteiger partial charge < -0.3 is 5.32 Å². The summed E-state index contributed by atoms with van der Waals surface area (Å²) >= 11 is 0. The standard InChI is InChI=1S/C20H22N2O/c23-19-20(13-7-8-14-21-19,15-17-9-3-1-4-10-17)22-16-18-11-5-2-6-12-18/h1-6,9-12,16H,7-8,13-15H2,(H,21,23). The summed E-state index contributed by atoms with van der Waals surface area (Å²) in [6, 6.07) is 20.1. The summed E-state index contributed by atoms with van der Waals surface area (Å²) in [6.45, 7) is 0.746. The third-order valence-electron chi connectivity index (χ3n) is 4.33. The summed E-state index contributed by atoms with van der Waals surface area (Å²) in [6.07, 6.45) is 5.30. The highest BCUT2D eigenvalue weighted by Gasteiger charge is 2.38. The van der Waals surface area contributed by atoms with Gasteiger partial charge in [-0.05, 0) is 30.4 Å². The Hall–Kier alpha value is -2.42. The fourth-order valence-electron chi connectivity index (χ4n) is 3.03. The van der Waals surface area contributed by atoms with E-state index in [9.17, 15) is 4.79 Å². The smallest absolute Gasteiger partial charge is 0.248 e. The van der Waals surface area contributed by atoms with Gasteiger partial charge in [0.1, 0.15) is 5.54 Å². The summed E-state index contributed by atoms with van der Waals surface area (Å²) in [5.41, 5.74) is 1.47. The zero-order valence-electron chi connectivity index (χ0n) is 13.2. The predicted molar refractivity (Wildman–Crippen MR) is 93.8 cm³/mol. The Balaban J connectivity index is 1.92. The molecule has 3 heteroatoms. The molecule has 0 bridgehead atoms. The van der Waals surface area contributed by atoms with Crippen molar-refractivity contribution in [2.24, 2.45) is 4.99 Å². The summed E-state index contributed by atoms with van der Waals surface area (Å²) < 4.78 is 0. The van der Waals surface area contributed by atoms with Gasteiger partial charge >= 0.3 is 0 Å². The van der Waals surface area contributed by atoms with E-state index in [1.54, 1.807) is 0 Å². The van der Waals surface area contributed by atoms with E-state index in [0.29, 0.717) is 6.42 Å². The van der Waals surface area contributed by atoms with Crippen molar-refractivity contribution in [2.75, 3.05) is 6.54 Å². The van der Waals surface area contributed by atoms with Crippen molar-refractivity contribution in [3.8, 4) is 0 Å². The lowest BCUT2D eigenvalue weighted by atomic mass is 9.86. The molecule has 1 N–H and O–H groups in total. The number of amides is 1. The summed E-state index contributed by atoms with van der Waals surface area (Å²) in [4.78, 5) is 17.5. The average molecular weight is 306 g/mol. The van der Waals surface area contributed by atoms with E-state index >= 15 is 0 Å². The summed E-state index contributed by atoms with van der Waals surface area (Å²) in [5, 5.41) is 3.04. The van der Waals surface area contributed by atoms with E-state index in [0.717, 1.165) is 36.9 Å². The molecular weight excluding hydrogens is 284 g/mol. The third-order valence-corrected chi connectivity index (χ3v) is 4.33. The number of carbonyl (C=O) groups excluding carboxylic acids is 1. The quantitative estimate of drug-likeness (QED) is 0.864. The molecule has 1 heterocycles. The highest BCUT2D eigenvalue weighted by Crippen LogP contribution is 2.27. The van der Waals surface area contributed by atoms with E-state index in [-0.39, 0.29) is 5.91 Å². The minimum absolute atomic E-state index is 0.0473. The second-order valence-corrected chi connectivity index (χ2v) is 6.08. The van der Waals surface area contributed by atoms with Crippen molar-refractivity contribution < 1.29 is 4.79 Å². The maximum absolute atomic E-state index is 12.7. The van der Waals surface area contributed by atoms with Crippen LogP contribution in [0.4, 0.5) is 0 Å². The van der Waals surface area contributed by atoms with E-state index in [2.05, 4.69) is 17.4 Å². The Bertz CT molecular complexity index is 667. The highest BCUT2D eigenvalue weighted by atomic mass is 16.2. The highest BCUT2D eigenvalue weighted by molar-refractivity contribution is 5.90. The monoisotopic (exact) mass is 306 g/mol.